The van der Waals surface area contributed by atoms with Crippen molar-refractivity contribution in [3.8, 4) is 0 Å². The van der Waals surface area contributed by atoms with E-state index in [9.17, 15) is 0 Å². The minimum absolute atomic E-state index is 0.0671. The molecule has 0 fully saturated rings. The lowest BCUT2D eigenvalue weighted by Crippen LogP contribution is -2.21. The maximum Gasteiger partial charge on any atom is 0.123 e. The highest BCUT2D eigenvalue weighted by atomic mass is 16.5. The number of hydrogen-bond donors (Lipinski definition) is 1. The smallest absolute Gasteiger partial charge is 0.123 e. The molecule has 0 saturated carbocycles. The van der Waals surface area contributed by atoms with Crippen LogP contribution in [0.5, 0.6) is 0 Å². The molecule has 1 N–H and O–H groups in total. The molecule has 2 heterocycles. The van der Waals surface area contributed by atoms with Crippen LogP contribution in [0.4, 0.5) is 0 Å². The largest absolute Gasteiger partial charge is 0.359 e. The molecule has 25 heavy (non-hydrogen) atoms. The summed E-state index contributed by atoms with van der Waals surface area (Å²) in [5.41, 5.74) is 6.19. The Kier molecular flexibility index (Phi) is 3.43. The molecule has 0 amide bonds. The average molecular weight is 325 g/mol. The van der Waals surface area contributed by atoms with Crippen LogP contribution in [0, 0.1) is 0 Å². The van der Waals surface area contributed by atoms with Gasteiger partial charge in [0.1, 0.15) is 6.10 Å². The minimum Gasteiger partial charge on any atom is -0.359 e. The van der Waals surface area contributed by atoms with Crippen LogP contribution < -0.4 is 0 Å². The van der Waals surface area contributed by atoms with Crippen molar-refractivity contribution < 1.29 is 4.74 Å². The van der Waals surface area contributed by atoms with E-state index in [-0.39, 0.29) is 12.2 Å². The van der Waals surface area contributed by atoms with Gasteiger partial charge in [0.2, 0.25) is 0 Å². The van der Waals surface area contributed by atoms with E-state index in [0.717, 1.165) is 6.42 Å². The van der Waals surface area contributed by atoms with Crippen LogP contribution >= 0.6 is 0 Å². The van der Waals surface area contributed by atoms with Crippen LogP contribution in [0.1, 0.15) is 34.6 Å². The third kappa shape index (κ3) is 2.46. The number of H-pyrrole nitrogens is 1. The number of ether oxygens (including phenoxy) is 1. The van der Waals surface area contributed by atoms with Gasteiger partial charge in [-0.05, 0) is 22.8 Å². The van der Waals surface area contributed by atoms with E-state index in [2.05, 4.69) is 83.8 Å². The molecule has 0 unspecified atom stereocenters. The second-order valence-electron chi connectivity index (χ2n) is 6.59. The van der Waals surface area contributed by atoms with E-state index >= 15 is 0 Å². The van der Waals surface area contributed by atoms with Gasteiger partial charge in [0, 0.05) is 17.3 Å². The molecular weight excluding hydrogens is 306 g/mol. The van der Waals surface area contributed by atoms with Crippen LogP contribution in [-0.4, -0.2) is 4.98 Å². The first-order valence-corrected chi connectivity index (χ1v) is 8.75. The first kappa shape index (κ1) is 14.5. The summed E-state index contributed by atoms with van der Waals surface area (Å²) < 4.78 is 6.58. The third-order valence-corrected chi connectivity index (χ3v) is 5.07. The molecule has 5 rings (SSSR count). The third-order valence-electron chi connectivity index (χ3n) is 5.07. The zero-order valence-corrected chi connectivity index (χ0v) is 13.9. The minimum atomic E-state index is -0.0671. The van der Waals surface area contributed by atoms with Gasteiger partial charge in [0.25, 0.3) is 0 Å². The van der Waals surface area contributed by atoms with E-state index < -0.39 is 0 Å². The highest BCUT2D eigenvalue weighted by Gasteiger charge is 2.32. The van der Waals surface area contributed by atoms with E-state index in [1.54, 1.807) is 0 Å². The zero-order valence-electron chi connectivity index (χ0n) is 13.9. The molecule has 0 saturated heterocycles. The summed E-state index contributed by atoms with van der Waals surface area (Å²) in [5.74, 6) is 0. The molecule has 1 aliphatic rings. The van der Waals surface area contributed by atoms with Crippen LogP contribution in [0.15, 0.2) is 84.9 Å². The second kappa shape index (κ2) is 5.91. The number of rotatable bonds is 2. The molecule has 1 aromatic heterocycles. The van der Waals surface area contributed by atoms with Crippen molar-refractivity contribution in [3.63, 3.8) is 0 Å². The number of hydrogen-bond acceptors (Lipinski definition) is 1. The first-order chi connectivity index (χ1) is 12.4. The van der Waals surface area contributed by atoms with Gasteiger partial charge in [-0.1, -0.05) is 78.9 Å². The lowest BCUT2D eigenvalue weighted by atomic mass is 9.92. The Balaban J connectivity index is 1.68. The Hall–Kier alpha value is -2.84. The lowest BCUT2D eigenvalue weighted by molar-refractivity contribution is -0.00700. The predicted octanol–water partition coefficient (Wildman–Crippen LogP) is 5.57. The summed E-state index contributed by atoms with van der Waals surface area (Å²) in [6.45, 7) is 0. The normalized spacial score (nSPS) is 19.7. The number of benzene rings is 3. The van der Waals surface area contributed by atoms with E-state index in [1.807, 2.05) is 6.07 Å². The molecule has 2 nitrogen and oxygen atoms in total. The Labute approximate surface area is 147 Å². The topological polar surface area (TPSA) is 25.0 Å². The second-order valence-corrected chi connectivity index (χ2v) is 6.59. The zero-order chi connectivity index (χ0) is 16.6. The SMILES string of the molecule is c1ccc([C@@H]2O[C@H](c3ccccc3)Cc3c2[nH]c2ccccc32)cc1. The molecule has 1 aliphatic heterocycles. The van der Waals surface area contributed by atoms with Gasteiger partial charge in [0.05, 0.1) is 11.8 Å². The van der Waals surface area contributed by atoms with Crippen molar-refractivity contribution in [1.82, 2.24) is 4.98 Å². The summed E-state index contributed by atoms with van der Waals surface area (Å²) in [5, 5.41) is 1.31. The van der Waals surface area contributed by atoms with Crippen LogP contribution in [0.3, 0.4) is 0 Å². The van der Waals surface area contributed by atoms with E-state index in [4.69, 9.17) is 4.74 Å². The van der Waals surface area contributed by atoms with Gasteiger partial charge in [-0.15, -0.1) is 0 Å². The Morgan fingerprint density at radius 1 is 0.720 bits per heavy atom. The average Bonchev–Trinajstić information content (AvgIpc) is 3.07. The highest BCUT2D eigenvalue weighted by molar-refractivity contribution is 5.85. The van der Waals surface area contributed by atoms with Crippen molar-refractivity contribution in [1.29, 1.82) is 0 Å². The van der Waals surface area contributed by atoms with Gasteiger partial charge >= 0.3 is 0 Å². The quantitative estimate of drug-likeness (QED) is 0.512. The van der Waals surface area contributed by atoms with Crippen LogP contribution in [0.2, 0.25) is 0 Å². The number of aromatic nitrogens is 1. The van der Waals surface area contributed by atoms with Crippen molar-refractivity contribution in [2.75, 3.05) is 0 Å². The van der Waals surface area contributed by atoms with Crippen molar-refractivity contribution >= 4 is 10.9 Å². The highest BCUT2D eigenvalue weighted by Crippen LogP contribution is 2.43. The number of aromatic amines is 1. The standard InChI is InChI=1S/C23H19NO/c1-3-9-16(10-4-1)21-15-19-18-13-7-8-14-20(18)24-22(19)23(25-21)17-11-5-2-6-12-17/h1-14,21,23-24H,15H2/t21-,23-/m0/s1. The Bertz CT molecular complexity index is 1000. The molecule has 3 aromatic carbocycles. The fourth-order valence-corrected chi connectivity index (χ4v) is 3.87. The Morgan fingerprint density at radius 3 is 2.12 bits per heavy atom. The monoisotopic (exact) mass is 325 g/mol. The van der Waals surface area contributed by atoms with E-state index in [1.165, 1.54) is 33.3 Å². The molecule has 2 heteroatoms. The van der Waals surface area contributed by atoms with Crippen molar-refractivity contribution in [2.24, 2.45) is 0 Å². The predicted molar refractivity (Wildman–Crippen MR) is 101 cm³/mol. The molecule has 2 atom stereocenters. The summed E-state index contributed by atoms with van der Waals surface area (Å²) in [7, 11) is 0. The van der Waals surface area contributed by atoms with Crippen LogP contribution in [0.25, 0.3) is 10.9 Å². The molecule has 122 valence electrons. The number of fused-ring (bicyclic) bond motifs is 3. The van der Waals surface area contributed by atoms with Gasteiger partial charge in [-0.3, -0.25) is 0 Å². The van der Waals surface area contributed by atoms with Crippen molar-refractivity contribution in [3.05, 3.63) is 107 Å². The lowest BCUT2D eigenvalue weighted by Gasteiger charge is -2.31. The fourth-order valence-electron chi connectivity index (χ4n) is 3.87. The first-order valence-electron chi connectivity index (χ1n) is 8.75. The summed E-state index contributed by atoms with van der Waals surface area (Å²) >= 11 is 0. The van der Waals surface area contributed by atoms with Gasteiger partial charge < -0.3 is 9.72 Å². The summed E-state index contributed by atoms with van der Waals surface area (Å²) in [6.07, 6.45) is 0.896. The molecule has 0 spiro atoms. The fraction of sp³-hybridized carbons (Fsp3) is 0.130. The molecule has 0 aliphatic carbocycles. The van der Waals surface area contributed by atoms with Gasteiger partial charge in [0.15, 0.2) is 0 Å². The maximum absolute atomic E-state index is 6.58. The summed E-state index contributed by atoms with van der Waals surface area (Å²) in [4.78, 5) is 3.61. The number of nitrogens with one attached hydrogen (secondary N) is 1. The van der Waals surface area contributed by atoms with Crippen molar-refractivity contribution in [2.45, 2.75) is 18.6 Å². The van der Waals surface area contributed by atoms with Crippen LogP contribution in [-0.2, 0) is 11.2 Å². The van der Waals surface area contributed by atoms with Gasteiger partial charge in [-0.2, -0.15) is 0 Å². The molecular formula is C23H19NO. The van der Waals surface area contributed by atoms with Gasteiger partial charge in [-0.25, -0.2) is 0 Å². The Morgan fingerprint density at radius 2 is 1.36 bits per heavy atom. The van der Waals surface area contributed by atoms with E-state index in [0.29, 0.717) is 0 Å². The maximum atomic E-state index is 6.58. The number of para-hydroxylation sites is 1. The molecule has 4 aromatic rings. The molecule has 0 radical (unpaired) electrons. The summed E-state index contributed by atoms with van der Waals surface area (Å²) in [6, 6.07) is 29.6. The molecule has 0 bridgehead atoms.